The van der Waals surface area contributed by atoms with Crippen molar-refractivity contribution in [3.63, 3.8) is 0 Å². The number of allylic oxidation sites excluding steroid dienone is 2. The van der Waals surface area contributed by atoms with Gasteiger partial charge in [-0.2, -0.15) is 36.3 Å². The summed E-state index contributed by atoms with van der Waals surface area (Å²) >= 11 is 0. The summed E-state index contributed by atoms with van der Waals surface area (Å²) in [6.45, 7) is 3.74. The number of alkyl halides is 6. The number of rotatable bonds is 5. The smallest absolute Gasteiger partial charge is 0.419 e. The molecule has 0 saturated heterocycles. The Morgan fingerprint density at radius 3 is 2.29 bits per heavy atom. The maximum Gasteiger partial charge on any atom is 0.419 e. The number of hydrogen-bond donors (Lipinski definition) is 1. The molecule has 0 saturated carbocycles. The van der Waals surface area contributed by atoms with E-state index in [2.05, 4.69) is 26.9 Å². The molecule has 0 spiro atoms. The van der Waals surface area contributed by atoms with Crippen LogP contribution in [0.4, 0.5) is 37.8 Å². The fraction of sp³-hybridized carbons (Fsp3) is 0.348. The second kappa shape index (κ2) is 10.4. The van der Waals surface area contributed by atoms with E-state index in [9.17, 15) is 26.3 Å². The van der Waals surface area contributed by atoms with Crippen molar-refractivity contribution in [3.8, 4) is 6.01 Å². The van der Waals surface area contributed by atoms with E-state index in [-0.39, 0.29) is 37.8 Å². The highest BCUT2D eigenvalue weighted by Gasteiger charge is 2.39. The zero-order valence-electron chi connectivity index (χ0n) is 19.0. The summed E-state index contributed by atoms with van der Waals surface area (Å²) in [6.07, 6.45) is -6.62. The number of anilines is 2. The van der Waals surface area contributed by atoms with Crippen LogP contribution < -0.4 is 10.1 Å². The molecule has 1 aromatic carbocycles. The molecule has 6 nitrogen and oxygen atoms in total. The van der Waals surface area contributed by atoms with Crippen LogP contribution in [0.3, 0.4) is 0 Å². The molecular formula is C23H23F6N5O. The summed E-state index contributed by atoms with van der Waals surface area (Å²) in [5.41, 5.74) is -0.161. The minimum Gasteiger partial charge on any atom is -0.467 e. The number of halogens is 6. The van der Waals surface area contributed by atoms with Crippen LogP contribution in [0.15, 0.2) is 53.6 Å². The number of ether oxygens (including phenoxy) is 1. The highest BCUT2D eigenvalue weighted by atomic mass is 19.4. The van der Waals surface area contributed by atoms with E-state index in [0.717, 1.165) is 24.3 Å². The number of nitrogens with one attached hydrogen (secondary N) is 1. The molecule has 1 aliphatic heterocycles. The average molecular weight is 499 g/mol. The molecule has 0 fully saturated rings. The molecule has 12 heteroatoms. The first-order chi connectivity index (χ1) is 16.5. The van der Waals surface area contributed by atoms with Crippen LogP contribution >= 0.6 is 0 Å². The summed E-state index contributed by atoms with van der Waals surface area (Å²) in [6, 6.07) is 4.44. The summed E-state index contributed by atoms with van der Waals surface area (Å²) in [7, 11) is 2.65. The van der Waals surface area contributed by atoms with Crippen molar-refractivity contribution in [2.75, 3.05) is 32.6 Å². The van der Waals surface area contributed by atoms with E-state index >= 15 is 0 Å². The van der Waals surface area contributed by atoms with Gasteiger partial charge < -0.3 is 15.0 Å². The molecule has 1 aliphatic rings. The molecule has 0 amide bonds. The largest absolute Gasteiger partial charge is 0.467 e. The maximum atomic E-state index is 13.6. The molecule has 0 atom stereocenters. The Balaban J connectivity index is 1.92. The van der Waals surface area contributed by atoms with Crippen LogP contribution in [0.1, 0.15) is 16.8 Å². The summed E-state index contributed by atoms with van der Waals surface area (Å²) in [4.78, 5) is 14.0. The van der Waals surface area contributed by atoms with Gasteiger partial charge in [0.1, 0.15) is 11.7 Å². The van der Waals surface area contributed by atoms with Crippen molar-refractivity contribution >= 4 is 17.3 Å². The van der Waals surface area contributed by atoms with Gasteiger partial charge in [0.25, 0.3) is 0 Å². The maximum absolute atomic E-state index is 13.6. The SMILES string of the molecule is C=C/C=C(\C(=NC)N1CCc2nc(OC)nc(Nc3ccc(C(F)(F)F)cc3)c2CC1)C(F)(F)F. The Hall–Kier alpha value is -3.57. The Kier molecular flexibility index (Phi) is 7.71. The lowest BCUT2D eigenvalue weighted by molar-refractivity contribution is -0.137. The predicted octanol–water partition coefficient (Wildman–Crippen LogP) is 5.35. The first-order valence-electron chi connectivity index (χ1n) is 10.5. The number of nitrogens with zero attached hydrogens (tertiary/aromatic N) is 4. The Bertz CT molecular complexity index is 1120. The van der Waals surface area contributed by atoms with Crippen molar-refractivity contribution in [1.29, 1.82) is 0 Å². The van der Waals surface area contributed by atoms with Crippen molar-refractivity contribution in [2.24, 2.45) is 4.99 Å². The third kappa shape index (κ3) is 6.11. The van der Waals surface area contributed by atoms with E-state index in [1.807, 2.05) is 0 Å². The van der Waals surface area contributed by atoms with Crippen molar-refractivity contribution in [2.45, 2.75) is 25.2 Å². The average Bonchev–Trinajstić information content (AvgIpc) is 3.01. The van der Waals surface area contributed by atoms with Crippen LogP contribution in [0.2, 0.25) is 0 Å². The Labute approximate surface area is 198 Å². The Morgan fingerprint density at radius 2 is 1.74 bits per heavy atom. The van der Waals surface area contributed by atoms with Gasteiger partial charge in [0.15, 0.2) is 0 Å². The lowest BCUT2D eigenvalue weighted by Gasteiger charge is -2.26. The minimum absolute atomic E-state index is 0.0264. The Morgan fingerprint density at radius 1 is 1.09 bits per heavy atom. The van der Waals surface area contributed by atoms with E-state index in [1.54, 1.807) is 0 Å². The summed E-state index contributed by atoms with van der Waals surface area (Å²) in [5, 5.41) is 2.99. The zero-order valence-corrected chi connectivity index (χ0v) is 19.0. The molecule has 2 aromatic rings. The fourth-order valence-electron chi connectivity index (χ4n) is 3.71. The lowest BCUT2D eigenvalue weighted by atomic mass is 10.1. The van der Waals surface area contributed by atoms with Crippen molar-refractivity contribution < 1.29 is 31.1 Å². The predicted molar refractivity (Wildman–Crippen MR) is 120 cm³/mol. The molecule has 1 aromatic heterocycles. The number of benzene rings is 1. The van der Waals surface area contributed by atoms with Gasteiger partial charge in [-0.25, -0.2) is 0 Å². The van der Waals surface area contributed by atoms with E-state index in [4.69, 9.17) is 4.74 Å². The van der Waals surface area contributed by atoms with Gasteiger partial charge in [0.2, 0.25) is 0 Å². The normalized spacial score (nSPS) is 15.4. The molecule has 2 heterocycles. The van der Waals surface area contributed by atoms with E-state index < -0.39 is 23.5 Å². The molecule has 3 rings (SSSR count). The third-order valence-electron chi connectivity index (χ3n) is 5.32. The topological polar surface area (TPSA) is 62.6 Å². The van der Waals surface area contributed by atoms with Crippen LogP contribution in [-0.4, -0.2) is 54.1 Å². The van der Waals surface area contributed by atoms with Gasteiger partial charge in [0.05, 0.1) is 23.9 Å². The van der Waals surface area contributed by atoms with E-state index in [1.165, 1.54) is 31.2 Å². The molecule has 0 radical (unpaired) electrons. The van der Waals surface area contributed by atoms with E-state index in [0.29, 0.717) is 22.8 Å². The molecule has 0 unspecified atom stereocenters. The lowest BCUT2D eigenvalue weighted by Crippen LogP contribution is -2.38. The molecule has 1 N–H and O–H groups in total. The molecule has 35 heavy (non-hydrogen) atoms. The van der Waals surface area contributed by atoms with Gasteiger partial charge >= 0.3 is 18.4 Å². The number of methoxy groups -OCH3 is 1. The second-order valence-corrected chi connectivity index (χ2v) is 7.53. The van der Waals surface area contributed by atoms with Gasteiger partial charge in [-0.05, 0) is 36.8 Å². The van der Waals surface area contributed by atoms with Crippen LogP contribution in [0.5, 0.6) is 6.01 Å². The molecule has 188 valence electrons. The quantitative estimate of drug-likeness (QED) is 0.260. The molecule has 0 aliphatic carbocycles. The summed E-state index contributed by atoms with van der Waals surface area (Å²) < 4.78 is 84.7. The second-order valence-electron chi connectivity index (χ2n) is 7.53. The highest BCUT2D eigenvalue weighted by molar-refractivity contribution is 5.99. The fourth-order valence-corrected chi connectivity index (χ4v) is 3.71. The van der Waals surface area contributed by atoms with Gasteiger partial charge in [-0.1, -0.05) is 12.7 Å². The monoisotopic (exact) mass is 499 g/mol. The highest BCUT2D eigenvalue weighted by Crippen LogP contribution is 2.33. The van der Waals surface area contributed by atoms with Gasteiger partial charge in [0, 0.05) is 37.8 Å². The number of aromatic nitrogens is 2. The van der Waals surface area contributed by atoms with Crippen LogP contribution in [0.25, 0.3) is 0 Å². The van der Waals surface area contributed by atoms with Crippen molar-refractivity contribution in [1.82, 2.24) is 14.9 Å². The number of fused-ring (bicyclic) bond motifs is 1. The number of aliphatic imine (C=N–C) groups is 1. The van der Waals surface area contributed by atoms with Crippen LogP contribution in [0, 0.1) is 0 Å². The standard InChI is InChI=1S/C23H23F6N5O/c1-4-5-17(23(27,28)29)20(30-2)34-12-10-16-18(11-13-34)32-21(35-3)33-19(16)31-15-8-6-14(7-9-15)22(24,25)26/h4-9H,1,10-13H2,2-3H3,(H,31,32,33)/b17-5+,30-20?. The van der Waals surface area contributed by atoms with Gasteiger partial charge in [-0.15, -0.1) is 0 Å². The zero-order chi connectivity index (χ0) is 25.8. The molecule has 0 bridgehead atoms. The molecular weight excluding hydrogens is 476 g/mol. The first kappa shape index (κ1) is 26.0. The number of amidine groups is 1. The van der Waals surface area contributed by atoms with Crippen LogP contribution in [-0.2, 0) is 19.0 Å². The van der Waals surface area contributed by atoms with Gasteiger partial charge in [-0.3, -0.25) is 4.99 Å². The van der Waals surface area contributed by atoms with Crippen molar-refractivity contribution in [3.05, 3.63) is 65.4 Å². The minimum atomic E-state index is -4.62. The summed E-state index contributed by atoms with van der Waals surface area (Å²) in [5.74, 6) is 0.0866. The first-order valence-corrected chi connectivity index (χ1v) is 10.5. The third-order valence-corrected chi connectivity index (χ3v) is 5.32. The number of hydrogen-bond acceptors (Lipinski definition) is 5.